The summed E-state index contributed by atoms with van der Waals surface area (Å²) in [5.41, 5.74) is 1.83. The van der Waals surface area contributed by atoms with E-state index < -0.39 is 11.9 Å². The third-order valence-electron chi connectivity index (χ3n) is 4.90. The summed E-state index contributed by atoms with van der Waals surface area (Å²) in [7, 11) is 0. The molecule has 1 fully saturated rings. The number of benzene rings is 2. The molecule has 1 saturated heterocycles. The lowest BCUT2D eigenvalue weighted by atomic mass is 10.1. The number of amides is 2. The third-order valence-corrected chi connectivity index (χ3v) is 5.32. The van der Waals surface area contributed by atoms with E-state index in [4.69, 9.17) is 12.2 Å². The van der Waals surface area contributed by atoms with Crippen LogP contribution in [0.4, 0.5) is 15.8 Å². The molecule has 2 amide bonds. The number of thiocarbonyl (C=S) groups is 1. The molecule has 0 radical (unpaired) electrons. The van der Waals surface area contributed by atoms with E-state index in [1.54, 1.807) is 29.3 Å². The maximum absolute atomic E-state index is 13.3. The lowest BCUT2D eigenvalue weighted by Crippen LogP contribution is -2.37. The number of aromatic nitrogens is 1. The van der Waals surface area contributed by atoms with Gasteiger partial charge in [-0.1, -0.05) is 24.3 Å². The minimum atomic E-state index is -0.782. The molecule has 1 aromatic heterocycles. The van der Waals surface area contributed by atoms with Crippen LogP contribution in [-0.2, 0) is 16.1 Å². The zero-order valence-electron chi connectivity index (χ0n) is 16.4. The average molecular weight is 434 g/mol. The van der Waals surface area contributed by atoms with Crippen LogP contribution in [0.1, 0.15) is 12.1 Å². The standard InChI is InChI=1S/C23H19FN4O2S/c24-16-9-11-17(12-10-16)26-21(29)14-20-22(30)28(19-7-2-1-3-8-19)23(31)27(20)15-18-6-4-5-13-25-18/h1-13,20H,14-15H2,(H,26,29)/t20-/m1/s1. The Morgan fingerprint density at radius 3 is 2.42 bits per heavy atom. The Morgan fingerprint density at radius 2 is 1.74 bits per heavy atom. The highest BCUT2D eigenvalue weighted by molar-refractivity contribution is 7.80. The molecule has 6 nitrogen and oxygen atoms in total. The molecule has 1 atom stereocenters. The van der Waals surface area contributed by atoms with Crippen molar-refractivity contribution in [2.75, 3.05) is 10.2 Å². The van der Waals surface area contributed by atoms with E-state index in [1.807, 2.05) is 30.3 Å². The van der Waals surface area contributed by atoms with Crippen molar-refractivity contribution in [1.29, 1.82) is 0 Å². The molecule has 1 aliphatic heterocycles. The van der Waals surface area contributed by atoms with E-state index >= 15 is 0 Å². The Labute approximate surface area is 184 Å². The number of nitrogens with zero attached hydrogens (tertiary/aromatic N) is 3. The first-order chi connectivity index (χ1) is 15.0. The maximum atomic E-state index is 13.3. The van der Waals surface area contributed by atoms with Crippen LogP contribution >= 0.6 is 12.2 Å². The fourth-order valence-electron chi connectivity index (χ4n) is 3.42. The van der Waals surface area contributed by atoms with Crippen molar-refractivity contribution >= 4 is 40.5 Å². The van der Waals surface area contributed by atoms with Crippen LogP contribution < -0.4 is 10.2 Å². The number of carbonyl (C=O) groups excluding carboxylic acids is 2. The van der Waals surface area contributed by atoms with Gasteiger partial charge in [0.05, 0.1) is 24.3 Å². The molecular weight excluding hydrogens is 415 g/mol. The molecule has 3 aromatic rings. The van der Waals surface area contributed by atoms with E-state index in [0.29, 0.717) is 23.0 Å². The van der Waals surface area contributed by atoms with Crippen LogP contribution in [0.2, 0.25) is 0 Å². The Balaban J connectivity index is 1.58. The second-order valence-electron chi connectivity index (χ2n) is 7.02. The third kappa shape index (κ3) is 4.59. The first-order valence-electron chi connectivity index (χ1n) is 9.68. The number of nitrogens with one attached hydrogen (secondary N) is 1. The lowest BCUT2D eigenvalue weighted by molar-refractivity contribution is -0.124. The molecule has 2 aromatic carbocycles. The van der Waals surface area contributed by atoms with Crippen molar-refractivity contribution < 1.29 is 14.0 Å². The highest BCUT2D eigenvalue weighted by Crippen LogP contribution is 2.28. The van der Waals surface area contributed by atoms with E-state index in [0.717, 1.165) is 5.69 Å². The van der Waals surface area contributed by atoms with E-state index in [1.165, 1.54) is 29.2 Å². The Morgan fingerprint density at radius 1 is 1.03 bits per heavy atom. The summed E-state index contributed by atoms with van der Waals surface area (Å²) >= 11 is 5.62. The Kier molecular flexibility index (Phi) is 5.99. The number of anilines is 2. The fourth-order valence-corrected chi connectivity index (χ4v) is 3.80. The molecule has 0 aliphatic carbocycles. The molecule has 1 N–H and O–H groups in total. The molecule has 0 spiro atoms. The van der Waals surface area contributed by atoms with Crippen LogP contribution in [0.3, 0.4) is 0 Å². The van der Waals surface area contributed by atoms with Gasteiger partial charge >= 0.3 is 0 Å². The summed E-state index contributed by atoms with van der Waals surface area (Å²) in [5, 5.41) is 3.03. The molecule has 2 heterocycles. The van der Waals surface area contributed by atoms with Gasteiger partial charge in [0.1, 0.15) is 11.9 Å². The summed E-state index contributed by atoms with van der Waals surface area (Å²) in [5.74, 6) is -1.04. The number of hydrogen-bond donors (Lipinski definition) is 1. The molecule has 0 unspecified atom stereocenters. The predicted molar refractivity (Wildman–Crippen MR) is 120 cm³/mol. The number of rotatable bonds is 6. The molecule has 156 valence electrons. The Hall–Kier alpha value is -3.65. The first kappa shape index (κ1) is 20.6. The molecular formula is C23H19FN4O2S. The molecule has 8 heteroatoms. The van der Waals surface area contributed by atoms with Gasteiger partial charge < -0.3 is 10.2 Å². The minimum absolute atomic E-state index is 0.105. The van der Waals surface area contributed by atoms with Gasteiger partial charge in [0.15, 0.2) is 5.11 Å². The van der Waals surface area contributed by atoms with Gasteiger partial charge in [0.2, 0.25) is 5.91 Å². The minimum Gasteiger partial charge on any atom is -0.330 e. The molecule has 31 heavy (non-hydrogen) atoms. The predicted octanol–water partition coefficient (Wildman–Crippen LogP) is 3.75. The van der Waals surface area contributed by atoms with Crippen molar-refractivity contribution in [2.24, 2.45) is 0 Å². The number of hydrogen-bond acceptors (Lipinski definition) is 4. The van der Waals surface area contributed by atoms with Crippen LogP contribution in [-0.4, -0.2) is 32.9 Å². The summed E-state index contributed by atoms with van der Waals surface area (Å²) in [6.45, 7) is 0.295. The summed E-state index contributed by atoms with van der Waals surface area (Å²) in [4.78, 5) is 33.5. The zero-order valence-corrected chi connectivity index (χ0v) is 17.3. The first-order valence-corrected chi connectivity index (χ1v) is 10.1. The fraction of sp³-hybridized carbons (Fsp3) is 0.130. The average Bonchev–Trinajstić information content (AvgIpc) is 3.00. The summed E-state index contributed by atoms with van der Waals surface area (Å²) in [6, 6.07) is 19.3. The van der Waals surface area contributed by atoms with E-state index in [2.05, 4.69) is 10.3 Å². The molecule has 0 saturated carbocycles. The summed E-state index contributed by atoms with van der Waals surface area (Å²) in [6.07, 6.45) is 1.56. The zero-order chi connectivity index (χ0) is 21.8. The van der Waals surface area contributed by atoms with Crippen LogP contribution in [0.25, 0.3) is 0 Å². The smallest absolute Gasteiger partial charge is 0.256 e. The van der Waals surface area contributed by atoms with Crippen molar-refractivity contribution in [1.82, 2.24) is 9.88 Å². The highest BCUT2D eigenvalue weighted by Gasteiger charge is 2.44. The van der Waals surface area contributed by atoms with Crippen LogP contribution in [0, 0.1) is 5.82 Å². The van der Waals surface area contributed by atoms with Crippen molar-refractivity contribution in [2.45, 2.75) is 19.0 Å². The van der Waals surface area contributed by atoms with E-state index in [-0.39, 0.29) is 18.2 Å². The van der Waals surface area contributed by atoms with Crippen LogP contribution in [0.15, 0.2) is 79.0 Å². The van der Waals surface area contributed by atoms with Gasteiger partial charge in [0, 0.05) is 11.9 Å². The maximum Gasteiger partial charge on any atom is 0.256 e. The molecule has 0 bridgehead atoms. The van der Waals surface area contributed by atoms with Crippen LogP contribution in [0.5, 0.6) is 0 Å². The van der Waals surface area contributed by atoms with Crippen molar-refractivity contribution in [3.8, 4) is 0 Å². The van der Waals surface area contributed by atoms with Crippen molar-refractivity contribution in [3.63, 3.8) is 0 Å². The lowest BCUT2D eigenvalue weighted by Gasteiger charge is -2.23. The summed E-state index contributed by atoms with van der Waals surface area (Å²) < 4.78 is 13.1. The highest BCUT2D eigenvalue weighted by atomic mass is 32.1. The number of carbonyl (C=O) groups is 2. The normalized spacial score (nSPS) is 16.0. The van der Waals surface area contributed by atoms with Gasteiger partial charge in [-0.05, 0) is 60.7 Å². The second kappa shape index (κ2) is 9.01. The quantitative estimate of drug-likeness (QED) is 0.599. The molecule has 4 rings (SSSR count). The topological polar surface area (TPSA) is 65.5 Å². The van der Waals surface area contributed by atoms with Gasteiger partial charge in [0.25, 0.3) is 5.91 Å². The van der Waals surface area contributed by atoms with Gasteiger partial charge in [-0.15, -0.1) is 0 Å². The SMILES string of the molecule is O=C(C[C@@H]1C(=O)N(c2ccccc2)C(=S)N1Cc1ccccn1)Nc1ccc(F)cc1. The number of pyridine rings is 1. The monoisotopic (exact) mass is 434 g/mol. The van der Waals surface area contributed by atoms with Gasteiger partial charge in [-0.2, -0.15) is 0 Å². The Bertz CT molecular complexity index is 1090. The van der Waals surface area contributed by atoms with Gasteiger partial charge in [-0.25, -0.2) is 4.39 Å². The van der Waals surface area contributed by atoms with E-state index in [9.17, 15) is 14.0 Å². The molecule has 1 aliphatic rings. The number of halogens is 1. The number of para-hydroxylation sites is 1. The van der Waals surface area contributed by atoms with Gasteiger partial charge in [-0.3, -0.25) is 19.5 Å². The second-order valence-corrected chi connectivity index (χ2v) is 7.38. The largest absolute Gasteiger partial charge is 0.330 e. The van der Waals surface area contributed by atoms with Crippen molar-refractivity contribution in [3.05, 3.63) is 90.5 Å².